The summed E-state index contributed by atoms with van der Waals surface area (Å²) in [4.78, 5) is 14.6. The van der Waals surface area contributed by atoms with Gasteiger partial charge in [0.1, 0.15) is 0 Å². The maximum Gasteiger partial charge on any atom is 0.271 e. The average molecular weight is 418 g/mol. The van der Waals surface area contributed by atoms with Crippen LogP contribution >= 0.6 is 23.2 Å². The molecule has 1 N–H and O–H groups in total. The number of carbonyl (C=O) groups excluding carboxylic acids is 1. The van der Waals surface area contributed by atoms with Crippen LogP contribution in [0.1, 0.15) is 60.2 Å². The van der Waals surface area contributed by atoms with Crippen LogP contribution in [-0.4, -0.2) is 24.7 Å². The third-order valence-electron chi connectivity index (χ3n) is 5.57. The molecule has 0 unspecified atom stereocenters. The second kappa shape index (κ2) is 7.76. The molecular formula is C22H25Cl2N3O. The summed E-state index contributed by atoms with van der Waals surface area (Å²) < 4.78 is 0. The van der Waals surface area contributed by atoms with Gasteiger partial charge in [0.15, 0.2) is 0 Å². The zero-order chi connectivity index (χ0) is 20.6. The van der Waals surface area contributed by atoms with E-state index in [1.165, 1.54) is 17.3 Å². The molecule has 0 aliphatic carbocycles. The maximum absolute atomic E-state index is 12.2. The van der Waals surface area contributed by atoms with Gasteiger partial charge in [-0.3, -0.25) is 4.79 Å². The molecule has 0 spiro atoms. The van der Waals surface area contributed by atoms with E-state index in [-0.39, 0.29) is 11.4 Å². The van der Waals surface area contributed by atoms with Gasteiger partial charge >= 0.3 is 0 Å². The molecule has 0 saturated heterocycles. The zero-order valence-corrected chi connectivity index (χ0v) is 18.3. The lowest BCUT2D eigenvalue weighted by Crippen LogP contribution is -2.45. The first kappa shape index (κ1) is 20.7. The molecule has 1 aliphatic rings. The topological polar surface area (TPSA) is 44.7 Å². The maximum atomic E-state index is 12.2. The van der Waals surface area contributed by atoms with E-state index in [1.54, 1.807) is 18.3 Å². The summed E-state index contributed by atoms with van der Waals surface area (Å²) >= 11 is 11.9. The van der Waals surface area contributed by atoms with Crippen LogP contribution in [0.4, 0.5) is 5.69 Å². The molecule has 4 nitrogen and oxygen atoms in total. The zero-order valence-electron chi connectivity index (χ0n) is 16.8. The van der Waals surface area contributed by atoms with Crippen molar-refractivity contribution < 1.29 is 4.79 Å². The van der Waals surface area contributed by atoms with E-state index in [9.17, 15) is 4.79 Å². The van der Waals surface area contributed by atoms with Gasteiger partial charge in [-0.15, -0.1) is 0 Å². The fourth-order valence-electron chi connectivity index (χ4n) is 3.74. The fourth-order valence-corrected chi connectivity index (χ4v) is 4.03. The van der Waals surface area contributed by atoms with Crippen LogP contribution in [0.25, 0.3) is 0 Å². The van der Waals surface area contributed by atoms with Gasteiger partial charge in [-0.2, -0.15) is 5.10 Å². The minimum atomic E-state index is -0.333. The SMILES string of the molecule is Cc1cc2c(cc1/C=N\NC(=O)c1ccc(Cl)c(Cl)c1)[C@@H](C)CC(C)(C)N2C. The second-order valence-corrected chi connectivity index (χ2v) is 8.89. The quantitative estimate of drug-likeness (QED) is 0.507. The van der Waals surface area contributed by atoms with E-state index in [2.05, 4.69) is 62.3 Å². The number of hydrogen-bond acceptors (Lipinski definition) is 3. The number of aryl methyl sites for hydroxylation is 1. The average Bonchev–Trinajstić information content (AvgIpc) is 2.62. The number of fused-ring (bicyclic) bond motifs is 1. The largest absolute Gasteiger partial charge is 0.369 e. The first-order valence-electron chi connectivity index (χ1n) is 9.27. The number of hydrogen-bond donors (Lipinski definition) is 1. The Morgan fingerprint density at radius 2 is 1.96 bits per heavy atom. The van der Waals surface area contributed by atoms with Crippen molar-refractivity contribution in [3.05, 3.63) is 62.6 Å². The van der Waals surface area contributed by atoms with Crippen LogP contribution in [0.15, 0.2) is 35.4 Å². The minimum absolute atomic E-state index is 0.127. The van der Waals surface area contributed by atoms with E-state index < -0.39 is 0 Å². The Morgan fingerprint density at radius 3 is 2.64 bits per heavy atom. The molecule has 1 heterocycles. The number of anilines is 1. The number of nitrogens with one attached hydrogen (secondary N) is 1. The number of hydrazone groups is 1. The van der Waals surface area contributed by atoms with Crippen LogP contribution in [-0.2, 0) is 0 Å². The van der Waals surface area contributed by atoms with E-state index in [0.717, 1.165) is 17.5 Å². The summed E-state index contributed by atoms with van der Waals surface area (Å²) in [7, 11) is 2.15. The normalized spacial score (nSPS) is 18.2. The highest BCUT2D eigenvalue weighted by molar-refractivity contribution is 6.42. The van der Waals surface area contributed by atoms with Crippen LogP contribution in [0.5, 0.6) is 0 Å². The lowest BCUT2D eigenvalue weighted by molar-refractivity contribution is 0.0955. The van der Waals surface area contributed by atoms with Crippen molar-refractivity contribution in [3.8, 4) is 0 Å². The number of carbonyl (C=O) groups is 1. The molecule has 0 saturated carbocycles. The summed E-state index contributed by atoms with van der Waals surface area (Å²) in [6.07, 6.45) is 2.78. The Labute approximate surface area is 176 Å². The highest BCUT2D eigenvalue weighted by atomic mass is 35.5. The van der Waals surface area contributed by atoms with Crippen molar-refractivity contribution >= 4 is 41.0 Å². The second-order valence-electron chi connectivity index (χ2n) is 8.07. The Hall–Kier alpha value is -2.04. The van der Waals surface area contributed by atoms with Crippen LogP contribution in [0.2, 0.25) is 10.0 Å². The lowest BCUT2D eigenvalue weighted by atomic mass is 9.79. The molecular weight excluding hydrogens is 393 g/mol. The van der Waals surface area contributed by atoms with Gasteiger partial charge in [-0.1, -0.05) is 30.1 Å². The Bertz CT molecular complexity index is 953. The highest BCUT2D eigenvalue weighted by Gasteiger charge is 2.34. The van der Waals surface area contributed by atoms with Crippen molar-refractivity contribution in [3.63, 3.8) is 0 Å². The molecule has 2 aromatic carbocycles. The van der Waals surface area contributed by atoms with Gasteiger partial charge in [0, 0.05) is 23.8 Å². The van der Waals surface area contributed by atoms with Gasteiger partial charge in [0.05, 0.1) is 16.3 Å². The molecule has 1 aliphatic heterocycles. The smallest absolute Gasteiger partial charge is 0.271 e. The molecule has 6 heteroatoms. The van der Waals surface area contributed by atoms with Gasteiger partial charge in [0.2, 0.25) is 0 Å². The molecule has 2 aromatic rings. The van der Waals surface area contributed by atoms with E-state index in [0.29, 0.717) is 21.5 Å². The first-order valence-corrected chi connectivity index (χ1v) is 10.0. The first-order chi connectivity index (χ1) is 13.1. The monoisotopic (exact) mass is 417 g/mol. The molecule has 148 valence electrons. The van der Waals surface area contributed by atoms with Crippen LogP contribution < -0.4 is 10.3 Å². The Kier molecular flexibility index (Phi) is 5.74. The van der Waals surface area contributed by atoms with Crippen molar-refractivity contribution in [1.29, 1.82) is 0 Å². The van der Waals surface area contributed by atoms with Gasteiger partial charge in [0.25, 0.3) is 5.91 Å². The predicted octanol–water partition coefficient (Wildman–Crippen LogP) is 5.79. The number of benzene rings is 2. The molecule has 28 heavy (non-hydrogen) atoms. The van der Waals surface area contributed by atoms with Crippen LogP contribution in [0.3, 0.4) is 0 Å². The Morgan fingerprint density at radius 1 is 1.25 bits per heavy atom. The number of rotatable bonds is 3. The third-order valence-corrected chi connectivity index (χ3v) is 6.31. The number of nitrogens with zero attached hydrogens (tertiary/aromatic N) is 2. The predicted molar refractivity (Wildman–Crippen MR) is 118 cm³/mol. The van der Waals surface area contributed by atoms with Gasteiger partial charge in [-0.25, -0.2) is 5.43 Å². The molecule has 3 rings (SSSR count). The number of amides is 1. The minimum Gasteiger partial charge on any atom is -0.369 e. The molecule has 0 radical (unpaired) electrons. The molecule has 0 aromatic heterocycles. The van der Waals surface area contributed by atoms with Gasteiger partial charge in [-0.05, 0) is 80.1 Å². The molecule has 0 fully saturated rings. The highest BCUT2D eigenvalue weighted by Crippen LogP contribution is 2.43. The van der Waals surface area contributed by atoms with Crippen molar-refractivity contribution in [2.75, 3.05) is 11.9 Å². The van der Waals surface area contributed by atoms with Crippen molar-refractivity contribution in [2.45, 2.75) is 45.6 Å². The summed E-state index contributed by atoms with van der Waals surface area (Å²) in [6.45, 7) is 8.86. The lowest BCUT2D eigenvalue weighted by Gasteiger charge is -2.45. The summed E-state index contributed by atoms with van der Waals surface area (Å²) in [5.74, 6) is 0.125. The molecule has 1 atom stereocenters. The molecule has 0 bridgehead atoms. The molecule has 1 amide bonds. The fraction of sp³-hybridized carbons (Fsp3) is 0.364. The van der Waals surface area contributed by atoms with Crippen molar-refractivity contribution in [1.82, 2.24) is 5.43 Å². The third kappa shape index (κ3) is 4.03. The summed E-state index contributed by atoms with van der Waals surface area (Å²) in [5.41, 5.74) is 7.77. The van der Waals surface area contributed by atoms with E-state index in [1.807, 2.05) is 0 Å². The Balaban J connectivity index is 1.80. The van der Waals surface area contributed by atoms with Crippen molar-refractivity contribution in [2.24, 2.45) is 5.10 Å². The van der Waals surface area contributed by atoms with Crippen LogP contribution in [0, 0.1) is 6.92 Å². The summed E-state index contributed by atoms with van der Waals surface area (Å²) in [5, 5.41) is 4.89. The van der Waals surface area contributed by atoms with E-state index in [4.69, 9.17) is 23.2 Å². The van der Waals surface area contributed by atoms with Gasteiger partial charge < -0.3 is 4.90 Å². The van der Waals surface area contributed by atoms with E-state index >= 15 is 0 Å². The summed E-state index contributed by atoms with van der Waals surface area (Å²) in [6, 6.07) is 9.11. The standard InChI is InChI=1S/C22H25Cl2N3O/c1-13-8-20-17(14(2)11-22(3,4)27(20)5)9-16(13)12-25-26-21(28)15-6-7-18(23)19(24)10-15/h6-10,12,14H,11H2,1-5H3,(H,26,28)/b25-12-/t14-/m0/s1. The number of halogens is 2.